The number of thiophene rings is 1. The monoisotopic (exact) mass is 1300 g/mol. The molecule has 4 fully saturated rings. The molecule has 2 aromatic rings. The molecule has 7 rings (SSSR count). The van der Waals surface area contributed by atoms with Crippen LogP contribution in [0.5, 0.6) is 0 Å². The van der Waals surface area contributed by atoms with Crippen LogP contribution in [0.15, 0.2) is 56.8 Å². The van der Waals surface area contributed by atoms with E-state index >= 15 is 4.79 Å². The van der Waals surface area contributed by atoms with Gasteiger partial charge in [-0.2, -0.15) is 0 Å². The molecule has 504 valence electrons. The fraction of sp³-hybridized carbons (Fsp3) is 0.617. The van der Waals surface area contributed by atoms with Crippen LogP contribution in [0.4, 0.5) is 0 Å². The van der Waals surface area contributed by atoms with Gasteiger partial charge in [-0.1, -0.05) is 43.2 Å². The molecule has 0 radical (unpaired) electrons. The maximum absolute atomic E-state index is 15.4. The van der Waals surface area contributed by atoms with Crippen molar-refractivity contribution in [2.45, 2.75) is 189 Å². The number of carbonyl (C=O) groups is 10. The molecule has 0 spiro atoms. The van der Waals surface area contributed by atoms with Gasteiger partial charge in [-0.3, -0.25) is 58.1 Å². The zero-order valence-corrected chi connectivity index (χ0v) is 52.5. The lowest BCUT2D eigenvalue weighted by Gasteiger charge is -2.42. The first-order valence-electron chi connectivity index (χ1n) is 31.5. The molecule has 1 aromatic heterocycles. The van der Waals surface area contributed by atoms with Crippen molar-refractivity contribution in [1.82, 2.24) is 40.9 Å². The molecule has 21 N–H and O–H groups in total. The number of β-amino-alcohol motifs (C(OH)–C–C–N with tert-alkyl or cyclic N) is 1. The number of aliphatic carboxylic acids is 1. The predicted molar refractivity (Wildman–Crippen MR) is 339 cm³/mol. The Hall–Kier alpha value is -8.49. The second kappa shape index (κ2) is 33.7. The zero-order valence-electron chi connectivity index (χ0n) is 51.7. The first kappa shape index (κ1) is 71.0. The number of carboxylic acids is 1. The van der Waals surface area contributed by atoms with Crippen LogP contribution in [-0.2, 0) is 67.3 Å². The van der Waals surface area contributed by atoms with Crippen molar-refractivity contribution in [3.8, 4) is 0 Å². The molecule has 31 nitrogen and oxygen atoms in total. The lowest BCUT2D eigenvalue weighted by atomic mass is 9.84. The highest BCUT2D eigenvalue weighted by Gasteiger charge is 2.52. The second-order valence-corrected chi connectivity index (χ2v) is 25.2. The molecule has 0 bridgehead atoms. The van der Waals surface area contributed by atoms with Gasteiger partial charge in [0.1, 0.15) is 42.3 Å². The van der Waals surface area contributed by atoms with E-state index < -0.39 is 145 Å². The fourth-order valence-electron chi connectivity index (χ4n) is 13.1. The Morgan fingerprint density at radius 2 is 1.25 bits per heavy atom. The molecule has 1 aliphatic carbocycles. The highest BCUT2D eigenvalue weighted by molar-refractivity contribution is 7.09. The number of hydrogen-bond acceptors (Lipinski definition) is 17. The third kappa shape index (κ3) is 19.1. The van der Waals surface area contributed by atoms with E-state index in [9.17, 15) is 58.5 Å². The maximum atomic E-state index is 15.4. The van der Waals surface area contributed by atoms with Crippen LogP contribution in [0.25, 0.3) is 0 Å². The highest BCUT2D eigenvalue weighted by Crippen LogP contribution is 2.41. The van der Waals surface area contributed by atoms with Crippen molar-refractivity contribution in [3.63, 3.8) is 0 Å². The van der Waals surface area contributed by atoms with E-state index in [-0.39, 0.29) is 127 Å². The van der Waals surface area contributed by atoms with Crippen molar-refractivity contribution in [2.24, 2.45) is 61.0 Å². The number of nitrogens with one attached hydrogen (secondary N) is 4. The van der Waals surface area contributed by atoms with E-state index in [2.05, 4.69) is 36.2 Å². The van der Waals surface area contributed by atoms with Crippen LogP contribution in [0.1, 0.15) is 119 Å². The van der Waals surface area contributed by atoms with Crippen molar-refractivity contribution in [3.05, 3.63) is 57.8 Å². The minimum absolute atomic E-state index is 0.00308. The number of aliphatic hydroxyl groups is 2. The van der Waals surface area contributed by atoms with Gasteiger partial charge >= 0.3 is 5.97 Å². The molecule has 12 atom stereocenters. The number of fused-ring (bicyclic) bond motifs is 2. The largest absolute Gasteiger partial charge is 0.480 e. The van der Waals surface area contributed by atoms with Gasteiger partial charge in [-0.15, -0.1) is 11.3 Å². The van der Waals surface area contributed by atoms with Crippen molar-refractivity contribution < 1.29 is 63.3 Å². The Morgan fingerprint density at radius 1 is 0.620 bits per heavy atom. The number of carboxylic acid groups (broad SMARTS) is 1. The summed E-state index contributed by atoms with van der Waals surface area (Å²) < 4.78 is 0. The van der Waals surface area contributed by atoms with Gasteiger partial charge in [0.25, 0.3) is 0 Å². The third-order valence-electron chi connectivity index (χ3n) is 17.7. The molecule has 8 amide bonds. The van der Waals surface area contributed by atoms with Crippen LogP contribution in [0.3, 0.4) is 0 Å². The number of rotatable bonds is 31. The normalized spacial score (nSPS) is 22.4. The summed E-state index contributed by atoms with van der Waals surface area (Å²) in [5, 5.41) is 44.4. The summed E-state index contributed by atoms with van der Waals surface area (Å²) in [4.78, 5) is 160. The van der Waals surface area contributed by atoms with E-state index in [1.807, 2.05) is 6.07 Å². The number of aliphatic hydroxyl groups excluding tert-OH is 2. The second-order valence-electron chi connectivity index (χ2n) is 24.2. The number of benzene rings is 1. The first-order chi connectivity index (χ1) is 43.9. The number of nitrogens with zero attached hydrogens (tertiary/aromatic N) is 7. The minimum atomic E-state index is -1.65. The molecule has 5 aliphatic rings. The number of Topliss-reactive ketones (excluding diaryl/α,β-unsaturated/α-hetero) is 1. The quantitative estimate of drug-likeness (QED) is 0.0196. The van der Waals surface area contributed by atoms with E-state index in [1.54, 1.807) is 35.7 Å². The molecule has 5 heterocycles. The molecule has 92 heavy (non-hydrogen) atoms. The number of nitrogens with two attached hydrogens (primary N) is 7. The van der Waals surface area contributed by atoms with Gasteiger partial charge in [0.15, 0.2) is 23.7 Å². The lowest BCUT2D eigenvalue weighted by molar-refractivity contribution is -0.153. The molecule has 0 unspecified atom stereocenters. The van der Waals surface area contributed by atoms with Gasteiger partial charge in [0.2, 0.25) is 47.3 Å². The zero-order chi connectivity index (χ0) is 66.8. The topological polar surface area (TPSA) is 512 Å². The average Bonchev–Trinajstić information content (AvgIpc) is 1.48. The van der Waals surface area contributed by atoms with Gasteiger partial charge in [0.05, 0.1) is 24.8 Å². The summed E-state index contributed by atoms with van der Waals surface area (Å²) in [7, 11) is 0. The maximum Gasteiger partial charge on any atom is 0.326 e. The summed E-state index contributed by atoms with van der Waals surface area (Å²) in [6, 6.07) is -0.785. The Morgan fingerprint density at radius 3 is 1.89 bits per heavy atom. The number of aliphatic imine (C=N–C) groups is 3. The summed E-state index contributed by atoms with van der Waals surface area (Å²) in [6.45, 7) is -0.647. The van der Waals surface area contributed by atoms with E-state index in [1.165, 1.54) is 30.9 Å². The Kier molecular flexibility index (Phi) is 26.0. The smallest absolute Gasteiger partial charge is 0.326 e. The first-order valence-corrected chi connectivity index (χ1v) is 32.3. The lowest BCUT2D eigenvalue weighted by Crippen LogP contribution is -2.62. The van der Waals surface area contributed by atoms with Gasteiger partial charge in [-0.05, 0) is 99.1 Å². The minimum Gasteiger partial charge on any atom is -0.480 e. The van der Waals surface area contributed by atoms with Gasteiger partial charge in [0, 0.05) is 82.3 Å². The van der Waals surface area contributed by atoms with Crippen LogP contribution in [0, 0.1) is 5.92 Å². The Balaban J connectivity index is 1.02. The third-order valence-corrected chi connectivity index (χ3v) is 18.6. The van der Waals surface area contributed by atoms with E-state index in [0.717, 1.165) is 24.8 Å². The Labute approximate surface area is 537 Å². The molecule has 32 heteroatoms. The SMILES string of the molecule is NC(N)=NCCC[C@@H](N)C(=O)N[C@@H](CCCN=C(N)N)C(=O)N1CCC[C@H]1C(=O)N1C[C@H](O)C[C@H]1C(=O)CCC(=O)N[C@@H](Cc1cccs1)C(=O)N[C@@H](CO)C(=O)N1Cc2ccccc2C[C@@H]1C(=O)N1[C@H](C(=O)N[C@@H](CCCN=C(N)N)C(=O)O)C[C@@H]2CCCC[C@@H]21. The fourth-order valence-corrected chi connectivity index (χ4v) is 13.8. The molecule has 1 saturated carbocycles. The molecular weight excluding hydrogens is 1210 g/mol. The van der Waals surface area contributed by atoms with Gasteiger partial charge in [-0.25, -0.2) is 4.79 Å². The van der Waals surface area contributed by atoms with E-state index in [4.69, 9.17) is 40.1 Å². The van der Waals surface area contributed by atoms with Crippen molar-refractivity contribution in [1.29, 1.82) is 0 Å². The molecule has 1 aromatic carbocycles. The van der Waals surface area contributed by atoms with Crippen LogP contribution >= 0.6 is 11.3 Å². The van der Waals surface area contributed by atoms with Crippen LogP contribution < -0.4 is 61.4 Å². The number of amides is 8. The number of ketones is 1. The summed E-state index contributed by atoms with van der Waals surface area (Å²) in [6.07, 6.45) is 2.74. The Bertz CT molecular complexity index is 3050. The van der Waals surface area contributed by atoms with Crippen molar-refractivity contribution in [2.75, 3.05) is 39.3 Å². The van der Waals surface area contributed by atoms with Crippen LogP contribution in [0.2, 0.25) is 0 Å². The van der Waals surface area contributed by atoms with E-state index in [0.29, 0.717) is 29.7 Å². The molecule has 4 aliphatic heterocycles. The van der Waals surface area contributed by atoms with Crippen LogP contribution in [-0.4, -0.2) is 218 Å². The number of hydrogen-bond donors (Lipinski definition) is 14. The number of likely N-dealkylation sites (tertiary alicyclic amines) is 3. The van der Waals surface area contributed by atoms with Crippen molar-refractivity contribution >= 4 is 88.2 Å². The predicted octanol–water partition coefficient (Wildman–Crippen LogP) is -3.79. The molecular formula is C60H90N18O13S. The molecule has 3 saturated heterocycles. The standard InChI is InChI=1S/C60H90N18O13S/c61-38(14-5-21-68-58(62)63)50(83)72-39(15-6-22-69-59(64)65)53(86)75-24-8-18-44(75)55(88)77-31-36(80)28-45(77)48(81)19-20-49(82)71-41(29-37-13-9-25-92-37)51(84)74-42(32-79)54(87)76-30-35-12-2-1-10-33(35)26-47(76)56(89)78-43-17-4-3-11-34(43)27-46(78)52(85)73-40(57(90)91)16-7-23-70-60(66)67/h1-2,9-10,12-13,25,34,36,38-47,79-80H,3-8,11,14-24,26-32,61H2,(H,71,82)(H,72,83)(H,73,85)(H,74,84)(H,90,91)(H4,62,63,68)(H4,64,65,69)(H4,66,67,70)/t34-,36+,38+,39-,40-,41-,42-,43-,44-,45-,46-,47+/m0/s1. The number of guanidine groups is 3. The summed E-state index contributed by atoms with van der Waals surface area (Å²) in [5.41, 5.74) is 40.3. The summed E-state index contributed by atoms with van der Waals surface area (Å²) >= 11 is 1.29. The average molecular weight is 1300 g/mol. The number of carbonyl (C=O) groups excluding carboxylic acids is 9. The van der Waals surface area contributed by atoms with Gasteiger partial charge < -0.3 is 96.3 Å². The summed E-state index contributed by atoms with van der Waals surface area (Å²) in [5.74, 6) is -7.84. The highest BCUT2D eigenvalue weighted by atomic mass is 32.1.